The lowest BCUT2D eigenvalue weighted by Crippen LogP contribution is -2.20. The zero-order valence-corrected chi connectivity index (χ0v) is 14.5. The van der Waals surface area contributed by atoms with Crippen LogP contribution >= 0.6 is 11.6 Å². The molecule has 0 saturated heterocycles. The Morgan fingerprint density at radius 3 is 2.57 bits per heavy atom. The number of likely N-dealkylation sites (N-methyl/N-ethyl adjacent to an activating group) is 1. The molecule has 1 rings (SSSR count). The lowest BCUT2D eigenvalue weighted by molar-refractivity contribution is 0.250. The van der Waals surface area contributed by atoms with Crippen LogP contribution in [0.4, 0.5) is 0 Å². The quantitative estimate of drug-likeness (QED) is 0.759. The summed E-state index contributed by atoms with van der Waals surface area (Å²) in [6.07, 6.45) is 0. The van der Waals surface area contributed by atoms with Crippen molar-refractivity contribution in [2.45, 2.75) is 20.4 Å². The van der Waals surface area contributed by atoms with Crippen LogP contribution in [0.2, 0.25) is 5.02 Å². The molecule has 1 N–H and O–H groups in total. The molecule has 0 aliphatic carbocycles. The second-order valence-corrected chi connectivity index (χ2v) is 6.19. The van der Waals surface area contributed by atoms with E-state index in [9.17, 15) is 0 Å². The summed E-state index contributed by atoms with van der Waals surface area (Å²) in [5, 5.41) is 3.99. The highest BCUT2D eigenvalue weighted by Gasteiger charge is 2.12. The minimum atomic E-state index is 0.577. The van der Waals surface area contributed by atoms with E-state index in [0.717, 1.165) is 25.2 Å². The molecule has 0 saturated carbocycles. The van der Waals surface area contributed by atoms with Gasteiger partial charge in [-0.05, 0) is 44.3 Å². The van der Waals surface area contributed by atoms with E-state index in [1.54, 1.807) is 7.11 Å². The second-order valence-electron chi connectivity index (χ2n) is 5.79. The third kappa shape index (κ3) is 6.55. The van der Waals surface area contributed by atoms with Crippen molar-refractivity contribution in [1.82, 2.24) is 10.2 Å². The number of hydrogen-bond acceptors (Lipinski definition) is 4. The highest BCUT2D eigenvalue weighted by molar-refractivity contribution is 6.32. The zero-order valence-electron chi connectivity index (χ0n) is 13.7. The first-order valence-corrected chi connectivity index (χ1v) is 7.66. The van der Waals surface area contributed by atoms with Crippen molar-refractivity contribution >= 4 is 11.6 Å². The van der Waals surface area contributed by atoms with E-state index < -0.39 is 0 Å². The molecular formula is C16H27ClN2O2. The summed E-state index contributed by atoms with van der Waals surface area (Å²) in [6, 6.07) is 3.91. The van der Waals surface area contributed by atoms with Crippen molar-refractivity contribution in [3.63, 3.8) is 0 Å². The molecule has 0 atom stereocenters. The molecular weight excluding hydrogens is 288 g/mol. The zero-order chi connectivity index (χ0) is 15.8. The average molecular weight is 315 g/mol. The van der Waals surface area contributed by atoms with Gasteiger partial charge >= 0.3 is 0 Å². The molecule has 0 unspecified atom stereocenters. The molecule has 0 aliphatic heterocycles. The molecule has 1 aromatic rings. The summed E-state index contributed by atoms with van der Waals surface area (Å²) in [7, 11) is 5.65. The summed E-state index contributed by atoms with van der Waals surface area (Å²) in [4.78, 5) is 2.06. The summed E-state index contributed by atoms with van der Waals surface area (Å²) in [5.74, 6) is 1.92. The Morgan fingerprint density at radius 2 is 2.00 bits per heavy atom. The van der Waals surface area contributed by atoms with Crippen LogP contribution in [0.1, 0.15) is 19.4 Å². The van der Waals surface area contributed by atoms with Gasteiger partial charge in [0.25, 0.3) is 0 Å². The maximum atomic E-state index is 6.32. The lowest BCUT2D eigenvalue weighted by Gasteiger charge is -2.16. The molecule has 0 heterocycles. The van der Waals surface area contributed by atoms with E-state index in [4.69, 9.17) is 21.1 Å². The Balaban J connectivity index is 2.72. The monoisotopic (exact) mass is 314 g/mol. The van der Waals surface area contributed by atoms with E-state index >= 15 is 0 Å². The average Bonchev–Trinajstić information content (AvgIpc) is 2.39. The van der Waals surface area contributed by atoms with Gasteiger partial charge in [-0.2, -0.15) is 0 Å². The Labute approximate surface area is 133 Å². The molecule has 0 bridgehead atoms. The molecule has 120 valence electrons. The number of ether oxygens (including phenoxy) is 2. The van der Waals surface area contributed by atoms with Gasteiger partial charge in [0.05, 0.1) is 12.1 Å². The Kier molecular flexibility index (Phi) is 7.86. The number of halogens is 1. The fourth-order valence-electron chi connectivity index (χ4n) is 1.85. The largest absolute Gasteiger partial charge is 0.493 e. The normalized spacial score (nSPS) is 11.2. The molecule has 0 spiro atoms. The van der Waals surface area contributed by atoms with E-state index in [1.807, 2.05) is 26.2 Å². The van der Waals surface area contributed by atoms with Crippen molar-refractivity contribution in [3.8, 4) is 11.5 Å². The van der Waals surface area contributed by atoms with E-state index in [0.29, 0.717) is 29.0 Å². The molecule has 0 amide bonds. The van der Waals surface area contributed by atoms with Gasteiger partial charge in [-0.3, -0.25) is 0 Å². The summed E-state index contributed by atoms with van der Waals surface area (Å²) in [6.45, 7) is 7.52. The molecule has 0 aliphatic rings. The van der Waals surface area contributed by atoms with Crippen LogP contribution in [-0.2, 0) is 6.54 Å². The molecule has 0 aromatic heterocycles. The lowest BCUT2D eigenvalue weighted by atomic mass is 10.1. The van der Waals surface area contributed by atoms with Crippen molar-refractivity contribution < 1.29 is 9.47 Å². The van der Waals surface area contributed by atoms with Crippen molar-refractivity contribution in [2.75, 3.05) is 40.9 Å². The fraction of sp³-hybridized carbons (Fsp3) is 0.625. The van der Waals surface area contributed by atoms with Crippen LogP contribution in [0.25, 0.3) is 0 Å². The molecule has 0 fully saturated rings. The van der Waals surface area contributed by atoms with E-state index in [2.05, 4.69) is 24.1 Å². The summed E-state index contributed by atoms with van der Waals surface area (Å²) < 4.78 is 11.1. The number of methoxy groups -OCH3 is 1. The first kappa shape index (κ1) is 18.1. The van der Waals surface area contributed by atoms with Gasteiger partial charge in [0.15, 0.2) is 11.5 Å². The SMILES string of the molecule is COc1cc(CNCC(C)C)cc(Cl)c1OCCN(C)C. The molecule has 1 aromatic carbocycles. The van der Waals surface area contributed by atoms with Crippen molar-refractivity contribution in [1.29, 1.82) is 0 Å². The molecule has 21 heavy (non-hydrogen) atoms. The minimum Gasteiger partial charge on any atom is -0.493 e. The Morgan fingerprint density at radius 1 is 1.29 bits per heavy atom. The third-order valence-electron chi connectivity index (χ3n) is 2.96. The van der Waals surface area contributed by atoms with E-state index in [-0.39, 0.29) is 0 Å². The molecule has 5 heteroatoms. The topological polar surface area (TPSA) is 33.7 Å². The van der Waals surface area contributed by atoms with Gasteiger partial charge in [-0.15, -0.1) is 0 Å². The smallest absolute Gasteiger partial charge is 0.179 e. The number of nitrogens with one attached hydrogen (secondary N) is 1. The van der Waals surface area contributed by atoms with Crippen molar-refractivity contribution in [2.24, 2.45) is 5.92 Å². The number of hydrogen-bond donors (Lipinski definition) is 1. The maximum Gasteiger partial charge on any atom is 0.179 e. The maximum absolute atomic E-state index is 6.32. The van der Waals surface area contributed by atoms with Gasteiger partial charge in [0.2, 0.25) is 0 Å². The van der Waals surface area contributed by atoms with Gasteiger partial charge in [-0.25, -0.2) is 0 Å². The summed E-state index contributed by atoms with van der Waals surface area (Å²) >= 11 is 6.32. The molecule has 4 nitrogen and oxygen atoms in total. The summed E-state index contributed by atoms with van der Waals surface area (Å²) in [5.41, 5.74) is 1.09. The predicted molar refractivity (Wildman–Crippen MR) is 88.6 cm³/mol. The number of rotatable bonds is 9. The first-order valence-electron chi connectivity index (χ1n) is 7.28. The second kappa shape index (κ2) is 9.13. The van der Waals surface area contributed by atoms with Crippen LogP contribution < -0.4 is 14.8 Å². The highest BCUT2D eigenvalue weighted by atomic mass is 35.5. The van der Waals surface area contributed by atoms with Gasteiger partial charge in [0, 0.05) is 13.1 Å². The van der Waals surface area contributed by atoms with Crippen LogP contribution in [0.3, 0.4) is 0 Å². The predicted octanol–water partition coefficient (Wildman–Crippen LogP) is 3.03. The number of nitrogens with zero attached hydrogens (tertiary/aromatic N) is 1. The first-order chi connectivity index (χ1) is 9.93. The van der Waals surface area contributed by atoms with Gasteiger partial charge < -0.3 is 19.7 Å². The standard InChI is InChI=1S/C16H27ClN2O2/c1-12(2)10-18-11-13-8-14(17)16(15(9-13)20-5)21-7-6-19(3)4/h8-9,12,18H,6-7,10-11H2,1-5H3. The van der Waals surface area contributed by atoms with Crippen LogP contribution in [0, 0.1) is 5.92 Å². The van der Waals surface area contributed by atoms with Crippen LogP contribution in [0.15, 0.2) is 12.1 Å². The number of benzene rings is 1. The van der Waals surface area contributed by atoms with Gasteiger partial charge in [-0.1, -0.05) is 25.4 Å². The Bertz CT molecular complexity index is 437. The highest BCUT2D eigenvalue weighted by Crippen LogP contribution is 2.36. The molecule has 0 radical (unpaired) electrons. The van der Waals surface area contributed by atoms with Crippen LogP contribution in [-0.4, -0.2) is 45.8 Å². The van der Waals surface area contributed by atoms with E-state index in [1.165, 1.54) is 0 Å². The minimum absolute atomic E-state index is 0.577. The fourth-order valence-corrected chi connectivity index (χ4v) is 2.14. The third-order valence-corrected chi connectivity index (χ3v) is 3.24. The van der Waals surface area contributed by atoms with Crippen LogP contribution in [0.5, 0.6) is 11.5 Å². The van der Waals surface area contributed by atoms with Crippen molar-refractivity contribution in [3.05, 3.63) is 22.7 Å². The van der Waals surface area contributed by atoms with Gasteiger partial charge in [0.1, 0.15) is 6.61 Å². The Hall–Kier alpha value is -0.970.